The van der Waals surface area contributed by atoms with Gasteiger partial charge in [-0.2, -0.15) is 0 Å². The number of cyclic esters (lactones) is 1. The lowest BCUT2D eigenvalue weighted by Crippen LogP contribution is -2.19. The van der Waals surface area contributed by atoms with Gasteiger partial charge in [-0.25, -0.2) is 4.79 Å². The summed E-state index contributed by atoms with van der Waals surface area (Å²) in [6.07, 6.45) is -0.976. The van der Waals surface area contributed by atoms with Crippen LogP contribution >= 0.6 is 0 Å². The highest BCUT2D eigenvalue weighted by molar-refractivity contribution is 6.29. The van der Waals surface area contributed by atoms with Crippen molar-refractivity contribution in [3.05, 3.63) is 77.4 Å². The van der Waals surface area contributed by atoms with Crippen molar-refractivity contribution >= 4 is 17.3 Å². The molecule has 2 aromatic rings. The molecule has 1 aliphatic rings. The Labute approximate surface area is 128 Å². The molecular formula is C18H14O4. The molecule has 1 aliphatic heterocycles. The van der Waals surface area contributed by atoms with Gasteiger partial charge in [-0.15, -0.1) is 0 Å². The number of ketones is 1. The standard InChI is InChI=1S/C18H14O4/c1-21-18-15(16(19)13-10-6-3-7-11-13)14(17(20)22-18)12-8-4-2-5-9-12/h2-11,18H,1H3/t18-/m0/s1. The minimum absolute atomic E-state index is 0.241. The van der Waals surface area contributed by atoms with E-state index in [0.717, 1.165) is 0 Å². The van der Waals surface area contributed by atoms with Gasteiger partial charge in [-0.1, -0.05) is 60.7 Å². The largest absolute Gasteiger partial charge is 0.427 e. The number of ether oxygens (including phenoxy) is 2. The third-order valence-corrected chi connectivity index (χ3v) is 3.48. The van der Waals surface area contributed by atoms with E-state index in [2.05, 4.69) is 0 Å². The minimum atomic E-state index is -0.976. The second-order valence-electron chi connectivity index (χ2n) is 4.82. The van der Waals surface area contributed by atoms with Gasteiger partial charge < -0.3 is 9.47 Å². The van der Waals surface area contributed by atoms with E-state index in [1.807, 2.05) is 12.1 Å². The van der Waals surface area contributed by atoms with Gasteiger partial charge in [0.1, 0.15) is 0 Å². The average molecular weight is 294 g/mol. The first-order valence-electron chi connectivity index (χ1n) is 6.85. The monoisotopic (exact) mass is 294 g/mol. The molecule has 0 saturated heterocycles. The Morgan fingerprint density at radius 3 is 2.18 bits per heavy atom. The molecule has 0 spiro atoms. The van der Waals surface area contributed by atoms with E-state index in [-0.39, 0.29) is 16.9 Å². The number of rotatable bonds is 4. The Morgan fingerprint density at radius 2 is 1.59 bits per heavy atom. The third-order valence-electron chi connectivity index (χ3n) is 3.48. The first kappa shape index (κ1) is 14.2. The molecule has 4 nitrogen and oxygen atoms in total. The number of carbonyl (C=O) groups is 2. The fourth-order valence-electron chi connectivity index (χ4n) is 2.45. The smallest absolute Gasteiger partial charge is 0.341 e. The van der Waals surface area contributed by atoms with Crippen LogP contribution < -0.4 is 0 Å². The maximum Gasteiger partial charge on any atom is 0.341 e. The molecule has 110 valence electrons. The van der Waals surface area contributed by atoms with Crippen molar-refractivity contribution in [1.29, 1.82) is 0 Å². The van der Waals surface area contributed by atoms with Crippen LogP contribution in [0.1, 0.15) is 15.9 Å². The Hall–Kier alpha value is -2.72. The van der Waals surface area contributed by atoms with Crippen LogP contribution in [-0.4, -0.2) is 25.2 Å². The topological polar surface area (TPSA) is 52.6 Å². The number of hydrogen-bond acceptors (Lipinski definition) is 4. The van der Waals surface area contributed by atoms with E-state index in [1.165, 1.54) is 7.11 Å². The van der Waals surface area contributed by atoms with Gasteiger partial charge >= 0.3 is 5.97 Å². The van der Waals surface area contributed by atoms with Gasteiger partial charge in [-0.05, 0) is 5.56 Å². The molecule has 0 bridgehead atoms. The number of benzene rings is 2. The number of esters is 1. The molecule has 0 aliphatic carbocycles. The predicted molar refractivity (Wildman–Crippen MR) is 81.0 cm³/mol. The van der Waals surface area contributed by atoms with Crippen molar-refractivity contribution in [2.24, 2.45) is 0 Å². The summed E-state index contributed by atoms with van der Waals surface area (Å²) in [5, 5.41) is 0. The van der Waals surface area contributed by atoms with E-state index in [0.29, 0.717) is 11.1 Å². The Morgan fingerprint density at radius 1 is 1.00 bits per heavy atom. The molecule has 0 N–H and O–H groups in total. The Kier molecular flexibility index (Phi) is 3.85. The van der Waals surface area contributed by atoms with Gasteiger partial charge in [0.15, 0.2) is 5.78 Å². The van der Waals surface area contributed by atoms with Crippen LogP contribution in [0.25, 0.3) is 5.57 Å². The summed E-state index contributed by atoms with van der Waals surface area (Å²) in [4.78, 5) is 25.0. The number of hydrogen-bond donors (Lipinski definition) is 0. The Balaban J connectivity index is 2.15. The van der Waals surface area contributed by atoms with Gasteiger partial charge in [0.2, 0.25) is 6.29 Å². The number of carbonyl (C=O) groups excluding carboxylic acids is 2. The van der Waals surface area contributed by atoms with E-state index in [9.17, 15) is 9.59 Å². The van der Waals surface area contributed by atoms with Crippen LogP contribution in [0.5, 0.6) is 0 Å². The SMILES string of the molecule is CO[C@H]1OC(=O)C(c2ccccc2)=C1C(=O)c1ccccc1. The molecule has 0 saturated carbocycles. The van der Waals surface area contributed by atoms with Crippen molar-refractivity contribution < 1.29 is 19.1 Å². The van der Waals surface area contributed by atoms with Gasteiger partial charge in [0.25, 0.3) is 0 Å². The molecule has 0 amide bonds. The molecule has 22 heavy (non-hydrogen) atoms. The molecule has 3 rings (SSSR count). The zero-order valence-corrected chi connectivity index (χ0v) is 12.0. The molecule has 1 heterocycles. The van der Waals surface area contributed by atoms with Crippen LogP contribution in [-0.2, 0) is 14.3 Å². The van der Waals surface area contributed by atoms with Crippen molar-refractivity contribution in [3.8, 4) is 0 Å². The van der Waals surface area contributed by atoms with Crippen LogP contribution in [0.3, 0.4) is 0 Å². The summed E-state index contributed by atoms with van der Waals surface area (Å²) in [7, 11) is 1.41. The lowest BCUT2D eigenvalue weighted by atomic mass is 9.95. The van der Waals surface area contributed by atoms with Crippen molar-refractivity contribution in [3.63, 3.8) is 0 Å². The fraction of sp³-hybridized carbons (Fsp3) is 0.111. The Bertz CT molecular complexity index is 732. The highest BCUT2D eigenvalue weighted by atomic mass is 16.7. The summed E-state index contributed by atoms with van der Waals surface area (Å²) >= 11 is 0. The lowest BCUT2D eigenvalue weighted by Gasteiger charge is -2.11. The molecule has 0 unspecified atom stereocenters. The molecule has 0 radical (unpaired) electrons. The van der Waals surface area contributed by atoms with Crippen LogP contribution in [0.15, 0.2) is 66.2 Å². The fourth-order valence-corrected chi connectivity index (χ4v) is 2.45. The van der Waals surface area contributed by atoms with Crippen LogP contribution in [0, 0.1) is 0 Å². The van der Waals surface area contributed by atoms with Crippen LogP contribution in [0.2, 0.25) is 0 Å². The summed E-state index contributed by atoms with van der Waals surface area (Å²) < 4.78 is 10.3. The van der Waals surface area contributed by atoms with Crippen molar-refractivity contribution in [2.45, 2.75) is 6.29 Å². The first-order chi connectivity index (χ1) is 10.7. The number of methoxy groups -OCH3 is 1. The van der Waals surface area contributed by atoms with E-state index in [1.54, 1.807) is 48.5 Å². The van der Waals surface area contributed by atoms with Crippen molar-refractivity contribution in [2.75, 3.05) is 7.11 Å². The highest BCUT2D eigenvalue weighted by Crippen LogP contribution is 2.33. The zero-order chi connectivity index (χ0) is 15.5. The maximum absolute atomic E-state index is 12.8. The predicted octanol–water partition coefficient (Wildman–Crippen LogP) is 2.85. The second-order valence-corrected chi connectivity index (χ2v) is 4.82. The quantitative estimate of drug-likeness (QED) is 0.642. The van der Waals surface area contributed by atoms with Crippen LogP contribution in [0.4, 0.5) is 0 Å². The van der Waals surface area contributed by atoms with E-state index in [4.69, 9.17) is 9.47 Å². The zero-order valence-electron chi connectivity index (χ0n) is 12.0. The molecule has 0 fully saturated rings. The molecule has 2 aromatic carbocycles. The van der Waals surface area contributed by atoms with E-state index < -0.39 is 12.3 Å². The summed E-state index contributed by atoms with van der Waals surface area (Å²) in [6.45, 7) is 0. The van der Waals surface area contributed by atoms with Gasteiger partial charge in [-0.3, -0.25) is 4.79 Å². The van der Waals surface area contributed by atoms with E-state index >= 15 is 0 Å². The second kappa shape index (κ2) is 5.95. The first-order valence-corrected chi connectivity index (χ1v) is 6.85. The average Bonchev–Trinajstić information content (AvgIpc) is 2.92. The van der Waals surface area contributed by atoms with Gasteiger partial charge in [0.05, 0.1) is 11.1 Å². The normalized spacial score (nSPS) is 17.5. The molecule has 0 aromatic heterocycles. The van der Waals surface area contributed by atoms with Gasteiger partial charge in [0, 0.05) is 12.7 Å². The third kappa shape index (κ3) is 2.44. The number of Topliss-reactive ketones (excluding diaryl/α,β-unsaturated/α-hetero) is 1. The minimum Gasteiger partial charge on any atom is -0.427 e. The maximum atomic E-state index is 12.8. The van der Waals surface area contributed by atoms with Crippen molar-refractivity contribution in [1.82, 2.24) is 0 Å². The molecule has 1 atom stereocenters. The summed E-state index contributed by atoms with van der Waals surface area (Å²) in [6, 6.07) is 17.8. The lowest BCUT2D eigenvalue weighted by molar-refractivity contribution is -0.154. The molecular weight excluding hydrogens is 280 g/mol. The molecule has 4 heteroatoms. The summed E-state index contributed by atoms with van der Waals surface area (Å²) in [5.74, 6) is -0.811. The summed E-state index contributed by atoms with van der Waals surface area (Å²) in [5.41, 5.74) is 1.64. The highest BCUT2D eigenvalue weighted by Gasteiger charge is 2.39.